The van der Waals surface area contributed by atoms with Crippen LogP contribution in [-0.2, 0) is 4.74 Å². The minimum absolute atomic E-state index is 0.0671. The van der Waals surface area contributed by atoms with E-state index >= 15 is 0 Å². The zero-order chi connectivity index (χ0) is 8.93. The molecule has 2 nitrogen and oxygen atoms in total. The molecule has 2 atom stereocenters. The van der Waals surface area contributed by atoms with E-state index in [4.69, 9.17) is 4.74 Å². The molecule has 2 heteroatoms. The molecular formula is C10H14O2. The van der Waals surface area contributed by atoms with Crippen LogP contribution in [0.2, 0.25) is 0 Å². The summed E-state index contributed by atoms with van der Waals surface area (Å²) in [6.45, 7) is 6.12. The predicted octanol–water partition coefficient (Wildman–Crippen LogP) is 1.62. The van der Waals surface area contributed by atoms with Gasteiger partial charge in [0.1, 0.15) is 6.10 Å². The molecule has 0 aromatic heterocycles. The van der Waals surface area contributed by atoms with Crippen molar-refractivity contribution in [2.45, 2.75) is 32.7 Å². The van der Waals surface area contributed by atoms with Crippen molar-refractivity contribution in [3.05, 3.63) is 23.3 Å². The second kappa shape index (κ2) is 2.21. The summed E-state index contributed by atoms with van der Waals surface area (Å²) in [6, 6.07) is 0. The first kappa shape index (κ1) is 8.02. The molecule has 0 bridgehead atoms. The summed E-state index contributed by atoms with van der Waals surface area (Å²) in [6.07, 6.45) is 3.94. The normalized spacial score (nSPS) is 38.9. The van der Waals surface area contributed by atoms with Crippen LogP contribution in [0.1, 0.15) is 20.8 Å². The monoisotopic (exact) mass is 166 g/mol. The Balaban J connectivity index is 2.31. The van der Waals surface area contributed by atoms with Crippen molar-refractivity contribution in [2.75, 3.05) is 0 Å². The Morgan fingerprint density at radius 3 is 2.75 bits per heavy atom. The van der Waals surface area contributed by atoms with Crippen LogP contribution in [0.25, 0.3) is 0 Å². The van der Waals surface area contributed by atoms with Gasteiger partial charge in [-0.25, -0.2) is 0 Å². The fourth-order valence-corrected chi connectivity index (χ4v) is 1.66. The van der Waals surface area contributed by atoms with Crippen LogP contribution in [0, 0.1) is 5.92 Å². The van der Waals surface area contributed by atoms with Gasteiger partial charge in [-0.2, -0.15) is 0 Å². The fraction of sp³-hybridized carbons (Fsp3) is 0.600. The molecule has 1 N–H and O–H groups in total. The average Bonchev–Trinajstić information content (AvgIpc) is 2.64. The van der Waals surface area contributed by atoms with Gasteiger partial charge in [0.25, 0.3) is 0 Å². The first-order chi connectivity index (χ1) is 5.55. The number of ether oxygens (including phenoxy) is 1. The zero-order valence-electron chi connectivity index (χ0n) is 7.66. The van der Waals surface area contributed by atoms with Crippen molar-refractivity contribution in [2.24, 2.45) is 5.92 Å². The third-order valence-electron chi connectivity index (χ3n) is 2.66. The summed E-state index contributed by atoms with van der Waals surface area (Å²) in [7, 11) is 0. The van der Waals surface area contributed by atoms with Gasteiger partial charge in [0.05, 0.1) is 0 Å². The minimum Gasteiger partial charge on any atom is -0.360 e. The quantitative estimate of drug-likeness (QED) is 0.600. The average molecular weight is 166 g/mol. The summed E-state index contributed by atoms with van der Waals surface area (Å²) >= 11 is 0. The van der Waals surface area contributed by atoms with Gasteiger partial charge in [0.15, 0.2) is 0 Å². The third-order valence-corrected chi connectivity index (χ3v) is 2.66. The molecule has 66 valence electrons. The smallest absolute Gasteiger partial charge is 0.220 e. The van der Waals surface area contributed by atoms with E-state index < -0.39 is 5.79 Å². The maximum atomic E-state index is 9.80. The molecule has 0 amide bonds. The number of aliphatic hydroxyl groups is 1. The molecule has 0 aromatic rings. The first-order valence-electron chi connectivity index (χ1n) is 4.34. The van der Waals surface area contributed by atoms with Gasteiger partial charge < -0.3 is 9.84 Å². The zero-order valence-corrected chi connectivity index (χ0v) is 7.66. The van der Waals surface area contributed by atoms with Crippen molar-refractivity contribution >= 4 is 0 Å². The molecule has 12 heavy (non-hydrogen) atoms. The molecule has 1 fully saturated rings. The van der Waals surface area contributed by atoms with Crippen molar-refractivity contribution < 1.29 is 9.84 Å². The molecule has 2 rings (SSSR count). The fourth-order valence-electron chi connectivity index (χ4n) is 1.66. The Morgan fingerprint density at radius 1 is 1.50 bits per heavy atom. The summed E-state index contributed by atoms with van der Waals surface area (Å²) in [5.41, 5.74) is 2.11. The SMILES string of the molecule is CC1=CC=C(C(C)C)C2OC12O. The largest absolute Gasteiger partial charge is 0.360 e. The lowest BCUT2D eigenvalue weighted by atomic mass is 9.90. The van der Waals surface area contributed by atoms with Crippen LogP contribution in [0.3, 0.4) is 0 Å². The predicted molar refractivity (Wildman–Crippen MR) is 46.5 cm³/mol. The Kier molecular flexibility index (Phi) is 1.48. The van der Waals surface area contributed by atoms with Crippen LogP contribution in [0.15, 0.2) is 23.3 Å². The summed E-state index contributed by atoms with van der Waals surface area (Å²) in [4.78, 5) is 0. The second-order valence-electron chi connectivity index (χ2n) is 3.87. The molecule has 1 aliphatic carbocycles. The van der Waals surface area contributed by atoms with Gasteiger partial charge in [0, 0.05) is 0 Å². The van der Waals surface area contributed by atoms with Crippen LogP contribution >= 0.6 is 0 Å². The number of allylic oxidation sites excluding steroid dienone is 2. The van der Waals surface area contributed by atoms with E-state index in [-0.39, 0.29) is 6.10 Å². The lowest BCUT2D eigenvalue weighted by Crippen LogP contribution is -2.21. The minimum atomic E-state index is -0.950. The number of rotatable bonds is 1. The van der Waals surface area contributed by atoms with E-state index in [0.717, 1.165) is 5.57 Å². The molecule has 1 aliphatic heterocycles. The molecule has 0 spiro atoms. The lowest BCUT2D eigenvalue weighted by Gasteiger charge is -2.14. The van der Waals surface area contributed by atoms with Crippen LogP contribution in [-0.4, -0.2) is 17.0 Å². The van der Waals surface area contributed by atoms with Gasteiger partial charge in [0.2, 0.25) is 5.79 Å². The molecular weight excluding hydrogens is 152 g/mol. The van der Waals surface area contributed by atoms with Gasteiger partial charge >= 0.3 is 0 Å². The third kappa shape index (κ3) is 0.883. The highest BCUT2D eigenvalue weighted by Crippen LogP contribution is 2.48. The molecule has 0 radical (unpaired) electrons. The van der Waals surface area contributed by atoms with Crippen molar-refractivity contribution in [1.82, 2.24) is 0 Å². The van der Waals surface area contributed by atoms with Crippen molar-refractivity contribution in [3.63, 3.8) is 0 Å². The van der Waals surface area contributed by atoms with Gasteiger partial charge in [-0.05, 0) is 24.0 Å². The highest BCUT2D eigenvalue weighted by atomic mass is 16.7. The maximum absolute atomic E-state index is 9.80. The summed E-state index contributed by atoms with van der Waals surface area (Å²) < 4.78 is 5.27. The molecule has 0 saturated carbocycles. The van der Waals surface area contributed by atoms with Crippen LogP contribution in [0.5, 0.6) is 0 Å². The van der Waals surface area contributed by atoms with E-state index in [2.05, 4.69) is 19.9 Å². The number of fused-ring (bicyclic) bond motifs is 1. The van der Waals surface area contributed by atoms with Crippen molar-refractivity contribution in [3.8, 4) is 0 Å². The number of hydrogen-bond donors (Lipinski definition) is 1. The van der Waals surface area contributed by atoms with E-state index in [0.29, 0.717) is 5.92 Å². The summed E-state index contributed by atoms with van der Waals surface area (Å²) in [5.74, 6) is -0.498. The van der Waals surface area contributed by atoms with Crippen LogP contribution in [0.4, 0.5) is 0 Å². The number of epoxide rings is 1. The van der Waals surface area contributed by atoms with E-state index in [1.165, 1.54) is 5.57 Å². The molecule has 1 saturated heterocycles. The Morgan fingerprint density at radius 2 is 2.17 bits per heavy atom. The lowest BCUT2D eigenvalue weighted by molar-refractivity contribution is 0.0711. The van der Waals surface area contributed by atoms with Crippen molar-refractivity contribution in [1.29, 1.82) is 0 Å². The van der Waals surface area contributed by atoms with E-state index in [1.807, 2.05) is 13.0 Å². The summed E-state index contributed by atoms with van der Waals surface area (Å²) in [5, 5.41) is 9.80. The van der Waals surface area contributed by atoms with Gasteiger partial charge in [-0.3, -0.25) is 0 Å². The maximum Gasteiger partial charge on any atom is 0.220 e. The van der Waals surface area contributed by atoms with E-state index in [9.17, 15) is 5.11 Å². The highest BCUT2D eigenvalue weighted by molar-refractivity contribution is 5.40. The van der Waals surface area contributed by atoms with Crippen LogP contribution < -0.4 is 0 Å². The van der Waals surface area contributed by atoms with E-state index in [1.54, 1.807) is 0 Å². The Hall–Kier alpha value is -0.600. The topological polar surface area (TPSA) is 32.8 Å². The second-order valence-corrected chi connectivity index (χ2v) is 3.87. The standard InChI is InChI=1S/C10H14O2/c1-6(2)8-5-4-7(3)10(11)9(8)12-10/h4-6,9,11H,1-3H3. The number of hydrogen-bond acceptors (Lipinski definition) is 2. The first-order valence-corrected chi connectivity index (χ1v) is 4.34. The Bertz CT molecular complexity index is 276. The Labute approximate surface area is 72.5 Å². The molecule has 2 aliphatic rings. The molecule has 0 aromatic carbocycles. The van der Waals surface area contributed by atoms with Gasteiger partial charge in [-0.1, -0.05) is 26.0 Å². The van der Waals surface area contributed by atoms with Gasteiger partial charge in [-0.15, -0.1) is 0 Å². The highest BCUT2D eigenvalue weighted by Gasteiger charge is 2.59. The molecule has 2 unspecified atom stereocenters. The molecule has 1 heterocycles.